The Morgan fingerprint density at radius 3 is 0.992 bits per heavy atom. The van der Waals surface area contributed by atoms with Gasteiger partial charge in [-0.3, -0.25) is 23.7 Å². The number of aliphatic hydroxyl groups is 1. The highest BCUT2D eigenvalue weighted by Gasteiger charge is 2.16. The number of aldehydes is 1. The zero-order chi connectivity index (χ0) is 87.5. The van der Waals surface area contributed by atoms with Crippen LogP contribution in [0, 0.1) is 66.5 Å². The number of nitrogens with two attached hydrogens (primary N) is 1. The molecule has 0 atom stereocenters. The number of carbonyl (C=O) groups excluding carboxylic acids is 3. The van der Waals surface area contributed by atoms with Crippen LogP contribution < -0.4 is 11.3 Å². The summed E-state index contributed by atoms with van der Waals surface area (Å²) in [5, 5.41) is 12.5. The van der Waals surface area contributed by atoms with Crippen LogP contribution >= 0.6 is 204 Å². The van der Waals surface area contributed by atoms with Crippen molar-refractivity contribution in [2.75, 3.05) is 0 Å². The Hall–Kier alpha value is -7.92. The Balaban J connectivity index is 0.000000153. The van der Waals surface area contributed by atoms with Gasteiger partial charge in [0.15, 0.2) is 17.9 Å². The zero-order valence-corrected chi connectivity index (χ0v) is 84.6. The lowest BCUT2D eigenvalue weighted by Gasteiger charge is -2.08. The first-order valence-electron chi connectivity index (χ1n) is 37.3. The first kappa shape index (κ1) is 96.3. The van der Waals surface area contributed by atoms with Crippen LogP contribution in [0.25, 0.3) is 50.3 Å². The van der Waals surface area contributed by atoms with Crippen molar-refractivity contribution in [1.82, 2.24) is 61.9 Å². The molecule has 16 rings (SSSR count). The van der Waals surface area contributed by atoms with Crippen molar-refractivity contribution in [3.05, 3.63) is 389 Å². The molecule has 0 spiro atoms. The van der Waals surface area contributed by atoms with Gasteiger partial charge in [0.1, 0.15) is 40.6 Å². The third kappa shape index (κ3) is 28.8. The highest BCUT2D eigenvalue weighted by Crippen LogP contribution is 2.27. The molecule has 22 nitrogen and oxygen atoms in total. The summed E-state index contributed by atoms with van der Waals surface area (Å²) in [5.74, 6) is 5.52. The summed E-state index contributed by atoms with van der Waals surface area (Å²) in [6.45, 7) is 12.4. The largest absolute Gasteiger partial charge is 0.390 e. The van der Waals surface area contributed by atoms with Gasteiger partial charge in [-0.25, -0.2) is 29.9 Å². The van der Waals surface area contributed by atoms with E-state index >= 15 is 0 Å². The molecule has 0 aliphatic rings. The fourth-order valence-corrected chi connectivity index (χ4v) is 16.4. The van der Waals surface area contributed by atoms with Gasteiger partial charge in [-0.05, 0) is 418 Å². The van der Waals surface area contributed by atoms with Crippen LogP contribution in [0.4, 0.5) is 0 Å². The van der Waals surface area contributed by atoms with Crippen LogP contribution in [0.1, 0.15) is 106 Å². The summed E-state index contributed by atoms with van der Waals surface area (Å²) < 4.78 is 23.4. The number of rotatable bonds is 20. The number of hydrogen-bond donors (Lipinski definition) is 2. The number of halogens is 9. The summed E-state index contributed by atoms with van der Waals surface area (Å²) in [4.78, 5) is 77.3. The van der Waals surface area contributed by atoms with E-state index in [-0.39, 0.29) is 30.3 Å². The van der Waals surface area contributed by atoms with Crippen LogP contribution in [-0.4, -0.2) is 84.8 Å². The maximum Gasteiger partial charge on any atom is 0.255 e. The number of aromatic nitrogens is 13. The van der Waals surface area contributed by atoms with Crippen LogP contribution in [0.5, 0.6) is 0 Å². The molecule has 0 fully saturated rings. The number of thiophene rings is 2. The van der Waals surface area contributed by atoms with Crippen molar-refractivity contribution in [3.8, 4) is 39.8 Å². The molecule has 0 unspecified atom stereocenters. The monoisotopic (exact) mass is 2490 g/mol. The molecule has 0 bridgehead atoms. The average molecular weight is 2490 g/mol. The summed E-state index contributed by atoms with van der Waals surface area (Å²) in [7, 11) is 0. The van der Waals surface area contributed by atoms with E-state index in [2.05, 4.69) is 280 Å². The molecular formula is C89H78Cl2I7N17O5S2. The topological polar surface area (TPSA) is 275 Å². The number of aryl methyl sites for hydroxylation is 8. The van der Waals surface area contributed by atoms with Crippen molar-refractivity contribution in [3.63, 3.8) is 0 Å². The van der Waals surface area contributed by atoms with E-state index in [0.717, 1.165) is 104 Å². The van der Waals surface area contributed by atoms with Gasteiger partial charge in [-0.1, -0.05) is 34.4 Å². The number of carbonyl (C=O) groups is 3. The standard InChI is InChI=1S/C22H18ClN3O2S.C17H14ClIN2OS.C11H10IN5.C11H12IN3.C11H11IN2O.C11H9IN2O.C6H4I2/c1-15-24-16(5-10-19(27)20-11-12-21(23)29-20)14-26(15)18-8-6-17(7-9-18)25-13-3-2-4-22(25)28;1-11-20-13(4-7-15(22)16-8-9-17(18)23-16)10-21(11)14-5-2-12(19)3-6-14;1-8-15-10(6-14-16-13)7-17(8)11-4-2-9(12)3-5-11;1-8-14-10(6-13)7-15(8)11-4-2-9(12)3-5-11;2*1-8-13-10(7-15)6-14(8)11-4-2-9(12)3-5-11;7-5-1-2-6(8)4-3-5/h2-4,6-9,11-14H,5,10H2,1H3;2-3,5-6,8-10H,4,7H2,1H3;2-5,7H,6H2,1H3;2-5,7H,6,13H2,1H3;2-6,15H,7H2,1H3;2-7H,1H3;1-4H. The smallest absolute Gasteiger partial charge is 0.255 e. The SMILES string of the molecule is Cc1nc(C=O)cn1-c1ccc(I)cc1.Cc1nc(CCC(=O)c2ccc(Cl)s2)cn1-c1ccc(-n2ccccc2=O)cc1.Cc1nc(CCC(=O)c2ccc(Cl)s2)cn1-c1ccc(I)cc1.Cc1nc(CN)cn1-c1ccc(I)cc1.Cc1nc(CN=[N+]=[N-])cn1-c1ccc(I)cc1.Cc1nc(CO)cn1-c1ccc(I)cc1.Ic1ccc(I)cc1. The quantitative estimate of drug-likeness (QED) is 0.0180. The molecule has 0 saturated heterocycles. The van der Waals surface area contributed by atoms with Gasteiger partial charge in [-0.2, -0.15) is 0 Å². The molecule has 33 heteroatoms. The van der Waals surface area contributed by atoms with Crippen molar-refractivity contribution in [2.24, 2.45) is 10.8 Å². The number of ketones is 2. The molecule has 16 aromatic rings. The van der Waals surface area contributed by atoms with Gasteiger partial charge >= 0.3 is 0 Å². The van der Waals surface area contributed by atoms with E-state index in [0.29, 0.717) is 62.0 Å². The molecule has 3 N–H and O–H groups in total. The van der Waals surface area contributed by atoms with Gasteiger partial charge in [0.25, 0.3) is 5.56 Å². The minimum atomic E-state index is -0.0713. The molecule has 0 saturated carbocycles. The highest BCUT2D eigenvalue weighted by molar-refractivity contribution is 14.1. The minimum Gasteiger partial charge on any atom is -0.390 e. The highest BCUT2D eigenvalue weighted by atomic mass is 127. The fraction of sp³-hybridized carbons (Fsp3) is 0.146. The molecule has 0 aliphatic carbocycles. The molecule has 7 aromatic carbocycles. The maximum absolute atomic E-state index is 12.3. The van der Waals surface area contributed by atoms with Gasteiger partial charge in [0.05, 0.1) is 60.0 Å². The van der Waals surface area contributed by atoms with E-state index < -0.39 is 0 Å². The maximum atomic E-state index is 12.3. The lowest BCUT2D eigenvalue weighted by Crippen LogP contribution is -2.15. The Kier molecular flexibility index (Phi) is 37.9. The van der Waals surface area contributed by atoms with Crippen molar-refractivity contribution in [1.29, 1.82) is 0 Å². The van der Waals surface area contributed by atoms with Gasteiger partial charge in [0, 0.05) is 139 Å². The summed E-state index contributed by atoms with van der Waals surface area (Å²) in [5.41, 5.74) is 25.5. The second kappa shape index (κ2) is 48.0. The average Bonchev–Trinajstić information content (AvgIpc) is 1.56. The second-order valence-corrected chi connectivity index (χ2v) is 38.6. The first-order valence-corrected chi connectivity index (χ1v) is 47.2. The molecule has 0 radical (unpaired) electrons. The molecule has 9 heterocycles. The van der Waals surface area contributed by atoms with E-state index in [1.807, 2.05) is 194 Å². The second-order valence-electron chi connectivity index (χ2n) is 26.5. The summed E-state index contributed by atoms with van der Waals surface area (Å²) >= 11 is 30.4. The molecule has 122 heavy (non-hydrogen) atoms. The summed E-state index contributed by atoms with van der Waals surface area (Å²) in [6.07, 6.45) is 16.0. The Labute approximate surface area is 819 Å². The van der Waals surface area contributed by atoms with Crippen LogP contribution in [0.15, 0.2) is 266 Å². The zero-order valence-electron chi connectivity index (χ0n) is 66.3. The number of hydrogen-bond acceptors (Lipinski definition) is 15. The first-order chi connectivity index (χ1) is 58.6. The van der Waals surface area contributed by atoms with Gasteiger partial charge < -0.3 is 38.2 Å². The third-order valence-corrected chi connectivity index (χ3v) is 25.4. The van der Waals surface area contributed by atoms with E-state index in [4.69, 9.17) is 39.6 Å². The van der Waals surface area contributed by atoms with Crippen molar-refractivity contribution in [2.45, 2.75) is 86.9 Å². The number of azide groups is 1. The van der Waals surface area contributed by atoms with Crippen LogP contribution in [0.2, 0.25) is 8.67 Å². The predicted molar refractivity (Wildman–Crippen MR) is 547 cm³/mol. The number of nitrogens with zero attached hydrogens (tertiary/aromatic N) is 16. The summed E-state index contributed by atoms with van der Waals surface area (Å²) in [6, 6.07) is 69.2. The van der Waals surface area contributed by atoms with Crippen molar-refractivity contribution >= 4 is 222 Å². The molecule has 624 valence electrons. The molecule has 0 amide bonds. The third-order valence-electron chi connectivity index (χ3n) is 17.8. The Morgan fingerprint density at radius 1 is 0.410 bits per heavy atom. The number of imidazole rings is 6. The lowest BCUT2D eigenvalue weighted by molar-refractivity contribution is 0.0978. The van der Waals surface area contributed by atoms with E-state index in [9.17, 15) is 19.2 Å². The molecular weight excluding hydrogens is 2410 g/mol. The van der Waals surface area contributed by atoms with Gasteiger partial charge in [0.2, 0.25) is 0 Å². The van der Waals surface area contributed by atoms with Crippen LogP contribution in [-0.2, 0) is 32.5 Å². The number of benzene rings is 7. The fourth-order valence-electron chi connectivity index (χ4n) is 11.9. The molecule has 9 aromatic heterocycles. The minimum absolute atomic E-state index is 0.0157. The van der Waals surface area contributed by atoms with Gasteiger partial charge in [-0.15, -0.1) is 22.7 Å². The Morgan fingerprint density at radius 2 is 0.697 bits per heavy atom. The van der Waals surface area contributed by atoms with E-state index in [1.54, 1.807) is 47.3 Å². The van der Waals surface area contributed by atoms with Crippen LogP contribution in [0.3, 0.4) is 0 Å². The Bertz CT molecular complexity index is 6150. The van der Waals surface area contributed by atoms with E-state index in [1.165, 1.54) is 53.7 Å². The normalized spacial score (nSPS) is 10.5. The number of pyridine rings is 1. The van der Waals surface area contributed by atoms with Crippen molar-refractivity contribution < 1.29 is 19.5 Å². The number of aliphatic hydroxyl groups excluding tert-OH is 1. The predicted octanol–water partition coefficient (Wildman–Crippen LogP) is 23.8. The number of Topliss-reactive ketones (excluding diaryl/α,β-unsaturated/α-hetero) is 2. The molecule has 0 aliphatic heterocycles. The lowest BCUT2D eigenvalue weighted by atomic mass is 10.1.